The van der Waals surface area contributed by atoms with E-state index >= 15 is 0 Å². The third-order valence-electron chi connectivity index (χ3n) is 4.25. The number of rotatable bonds is 7. The van der Waals surface area contributed by atoms with Crippen LogP contribution in [0.15, 0.2) is 78.9 Å². The van der Waals surface area contributed by atoms with Crippen LogP contribution < -0.4 is 15.4 Å². The fourth-order valence-electron chi connectivity index (χ4n) is 2.68. The second-order valence-electron chi connectivity index (χ2n) is 6.44. The number of hydrogen-bond donors (Lipinski definition) is 3. The van der Waals surface area contributed by atoms with Gasteiger partial charge in [0.1, 0.15) is 5.75 Å². The van der Waals surface area contributed by atoms with E-state index in [0.29, 0.717) is 17.0 Å². The zero-order valence-electron chi connectivity index (χ0n) is 16.2. The van der Waals surface area contributed by atoms with Gasteiger partial charge in [0.2, 0.25) is 0 Å². The van der Waals surface area contributed by atoms with Gasteiger partial charge in [-0.05, 0) is 55.5 Å². The summed E-state index contributed by atoms with van der Waals surface area (Å²) in [6, 6.07) is 21.4. The van der Waals surface area contributed by atoms with E-state index in [4.69, 9.17) is 4.74 Å². The molecule has 1 atom stereocenters. The SMILES string of the molecule is C[C@H](Oc1ccccc1)C(=O)Nc1ccc(C(=O)Nc2ccccc2C(=O)O)cc1. The molecule has 0 aliphatic heterocycles. The molecule has 0 aromatic heterocycles. The summed E-state index contributed by atoms with van der Waals surface area (Å²) in [4.78, 5) is 36.0. The second kappa shape index (κ2) is 9.38. The van der Waals surface area contributed by atoms with Crippen LogP contribution in [0, 0.1) is 0 Å². The molecule has 0 aliphatic carbocycles. The molecule has 152 valence electrons. The first-order valence-electron chi connectivity index (χ1n) is 9.20. The highest BCUT2D eigenvalue weighted by atomic mass is 16.5. The van der Waals surface area contributed by atoms with E-state index in [1.54, 1.807) is 43.3 Å². The monoisotopic (exact) mass is 404 g/mol. The fraction of sp³-hybridized carbons (Fsp3) is 0.0870. The van der Waals surface area contributed by atoms with Crippen molar-refractivity contribution in [2.75, 3.05) is 10.6 Å². The quantitative estimate of drug-likeness (QED) is 0.551. The summed E-state index contributed by atoms with van der Waals surface area (Å²) in [5.41, 5.74) is 1.04. The van der Waals surface area contributed by atoms with Gasteiger partial charge in [-0.15, -0.1) is 0 Å². The van der Waals surface area contributed by atoms with Crippen LogP contribution in [0.2, 0.25) is 0 Å². The lowest BCUT2D eigenvalue weighted by Gasteiger charge is -2.15. The van der Waals surface area contributed by atoms with Crippen LogP contribution >= 0.6 is 0 Å². The standard InChI is InChI=1S/C23H20N2O5/c1-15(30-18-7-3-2-4-8-18)21(26)24-17-13-11-16(12-14-17)22(27)25-20-10-6-5-9-19(20)23(28)29/h2-15H,1H3,(H,24,26)(H,25,27)(H,28,29)/t15-/m0/s1. The first-order chi connectivity index (χ1) is 14.4. The van der Waals surface area contributed by atoms with Crippen LogP contribution in [0.3, 0.4) is 0 Å². The van der Waals surface area contributed by atoms with Gasteiger partial charge in [0.05, 0.1) is 11.3 Å². The molecule has 0 aliphatic rings. The summed E-state index contributed by atoms with van der Waals surface area (Å²) in [6.07, 6.45) is -0.706. The van der Waals surface area contributed by atoms with Crippen molar-refractivity contribution in [3.05, 3.63) is 90.0 Å². The maximum Gasteiger partial charge on any atom is 0.337 e. The maximum atomic E-state index is 12.4. The average Bonchev–Trinajstić information content (AvgIpc) is 2.75. The molecule has 7 heteroatoms. The first-order valence-corrected chi connectivity index (χ1v) is 9.20. The molecule has 3 rings (SSSR count). The van der Waals surface area contributed by atoms with Crippen molar-refractivity contribution >= 4 is 29.2 Å². The maximum absolute atomic E-state index is 12.4. The van der Waals surface area contributed by atoms with Crippen molar-refractivity contribution < 1.29 is 24.2 Å². The van der Waals surface area contributed by atoms with Crippen molar-refractivity contribution in [3.8, 4) is 5.75 Å². The Hall–Kier alpha value is -4.13. The van der Waals surface area contributed by atoms with Gasteiger partial charge in [0, 0.05) is 11.3 Å². The molecule has 30 heavy (non-hydrogen) atoms. The Morgan fingerprint density at radius 1 is 0.833 bits per heavy atom. The van der Waals surface area contributed by atoms with E-state index in [9.17, 15) is 19.5 Å². The Morgan fingerprint density at radius 2 is 1.47 bits per heavy atom. The third-order valence-corrected chi connectivity index (χ3v) is 4.25. The van der Waals surface area contributed by atoms with Crippen LogP contribution in [-0.2, 0) is 4.79 Å². The van der Waals surface area contributed by atoms with Crippen molar-refractivity contribution in [2.24, 2.45) is 0 Å². The average molecular weight is 404 g/mol. The van der Waals surface area contributed by atoms with E-state index in [1.165, 1.54) is 24.3 Å². The first kappa shape index (κ1) is 20.6. The van der Waals surface area contributed by atoms with Crippen molar-refractivity contribution in [2.45, 2.75) is 13.0 Å². The minimum absolute atomic E-state index is 0.00198. The van der Waals surface area contributed by atoms with Crippen LogP contribution in [0.1, 0.15) is 27.6 Å². The number of carbonyl (C=O) groups is 3. The molecular weight excluding hydrogens is 384 g/mol. The summed E-state index contributed by atoms with van der Waals surface area (Å²) < 4.78 is 5.58. The fourth-order valence-corrected chi connectivity index (χ4v) is 2.68. The molecule has 0 heterocycles. The Balaban J connectivity index is 1.61. The highest BCUT2D eigenvalue weighted by Crippen LogP contribution is 2.18. The topological polar surface area (TPSA) is 105 Å². The van der Waals surface area contributed by atoms with Gasteiger partial charge in [0.25, 0.3) is 11.8 Å². The summed E-state index contributed by atoms with van der Waals surface area (Å²) >= 11 is 0. The molecule has 2 amide bonds. The van der Waals surface area contributed by atoms with Gasteiger partial charge in [0.15, 0.2) is 6.10 Å². The number of carbonyl (C=O) groups excluding carboxylic acids is 2. The highest BCUT2D eigenvalue weighted by molar-refractivity contribution is 6.08. The van der Waals surface area contributed by atoms with Gasteiger partial charge in [-0.3, -0.25) is 9.59 Å². The van der Waals surface area contributed by atoms with E-state index in [2.05, 4.69) is 10.6 Å². The number of para-hydroxylation sites is 2. The number of carboxylic acids is 1. The molecule has 0 radical (unpaired) electrons. The lowest BCUT2D eigenvalue weighted by molar-refractivity contribution is -0.122. The zero-order chi connectivity index (χ0) is 21.5. The Morgan fingerprint density at radius 3 is 2.13 bits per heavy atom. The van der Waals surface area contributed by atoms with Gasteiger partial charge < -0.3 is 20.5 Å². The summed E-state index contributed by atoms with van der Waals surface area (Å²) in [5.74, 6) is -1.32. The van der Waals surface area contributed by atoms with Gasteiger partial charge in [-0.25, -0.2) is 4.79 Å². The number of ether oxygens (including phenoxy) is 1. The molecule has 3 N–H and O–H groups in total. The van der Waals surface area contributed by atoms with E-state index in [1.807, 2.05) is 18.2 Å². The van der Waals surface area contributed by atoms with E-state index < -0.39 is 18.0 Å². The van der Waals surface area contributed by atoms with Crippen molar-refractivity contribution in [1.29, 1.82) is 0 Å². The van der Waals surface area contributed by atoms with E-state index in [0.717, 1.165) is 0 Å². The molecule has 3 aromatic rings. The number of anilines is 2. The van der Waals surface area contributed by atoms with Gasteiger partial charge in [-0.2, -0.15) is 0 Å². The lowest BCUT2D eigenvalue weighted by Crippen LogP contribution is -2.30. The summed E-state index contributed by atoms with van der Waals surface area (Å²) in [6.45, 7) is 1.64. The van der Waals surface area contributed by atoms with Crippen LogP contribution in [0.5, 0.6) is 5.75 Å². The predicted octanol–water partition coefficient (Wildman–Crippen LogP) is 4.04. The summed E-state index contributed by atoms with van der Waals surface area (Å²) in [7, 11) is 0. The van der Waals surface area contributed by atoms with Gasteiger partial charge in [-0.1, -0.05) is 30.3 Å². The second-order valence-corrected chi connectivity index (χ2v) is 6.44. The Bertz CT molecular complexity index is 1050. The molecule has 0 unspecified atom stereocenters. The van der Waals surface area contributed by atoms with Crippen LogP contribution in [0.25, 0.3) is 0 Å². The number of benzene rings is 3. The molecule has 0 saturated carbocycles. The van der Waals surface area contributed by atoms with Crippen LogP contribution in [0.4, 0.5) is 11.4 Å². The molecule has 0 bridgehead atoms. The van der Waals surface area contributed by atoms with E-state index in [-0.39, 0.29) is 17.2 Å². The Kier molecular flexibility index (Phi) is 6.44. The normalized spacial score (nSPS) is 11.2. The van der Waals surface area contributed by atoms with Crippen molar-refractivity contribution in [3.63, 3.8) is 0 Å². The summed E-state index contributed by atoms with van der Waals surface area (Å²) in [5, 5.41) is 14.5. The number of nitrogens with one attached hydrogen (secondary N) is 2. The molecule has 3 aromatic carbocycles. The van der Waals surface area contributed by atoms with Gasteiger partial charge >= 0.3 is 5.97 Å². The predicted molar refractivity (Wildman–Crippen MR) is 113 cm³/mol. The number of hydrogen-bond acceptors (Lipinski definition) is 4. The highest BCUT2D eigenvalue weighted by Gasteiger charge is 2.16. The van der Waals surface area contributed by atoms with Crippen molar-refractivity contribution in [1.82, 2.24) is 0 Å². The minimum atomic E-state index is -1.13. The number of amides is 2. The molecule has 0 fully saturated rings. The largest absolute Gasteiger partial charge is 0.481 e. The zero-order valence-corrected chi connectivity index (χ0v) is 16.2. The molecular formula is C23H20N2O5. The molecule has 0 saturated heterocycles. The lowest BCUT2D eigenvalue weighted by atomic mass is 10.1. The number of carboxylic acid groups (broad SMARTS) is 1. The third kappa shape index (κ3) is 5.23. The van der Waals surface area contributed by atoms with Crippen LogP contribution in [-0.4, -0.2) is 29.0 Å². The minimum Gasteiger partial charge on any atom is -0.481 e. The molecule has 7 nitrogen and oxygen atoms in total. The molecule has 0 spiro atoms. The smallest absolute Gasteiger partial charge is 0.337 e. The number of aromatic carboxylic acids is 1. The Labute approximate surface area is 173 Å².